The van der Waals surface area contributed by atoms with Crippen LogP contribution < -0.4 is 15.0 Å². The number of H-pyrrole nitrogens is 1. The van der Waals surface area contributed by atoms with Crippen molar-refractivity contribution in [2.45, 2.75) is 11.8 Å². The van der Waals surface area contributed by atoms with E-state index in [-0.39, 0.29) is 16.5 Å². The number of anilines is 1. The number of aromatic nitrogens is 2. The molecule has 0 fully saturated rings. The predicted octanol–water partition coefficient (Wildman–Crippen LogP) is 0.888. The molecule has 0 spiro atoms. The van der Waals surface area contributed by atoms with Gasteiger partial charge in [-0.25, -0.2) is 13.5 Å². The molecular formula is C12H13N3O4S. The van der Waals surface area contributed by atoms with Gasteiger partial charge >= 0.3 is 0 Å². The standard InChI is InChI=1S/C12H13N3O4S/c1-8-3-5-9(6-4-8)20(17,18)15-10-7-11(19-2)13-14-12(10)16/h3-7H,1-2H3,(H,13,15)(H,14,16). The van der Waals surface area contributed by atoms with E-state index in [0.29, 0.717) is 0 Å². The first kappa shape index (κ1) is 14.1. The number of hydrogen-bond donors (Lipinski definition) is 2. The number of nitrogens with zero attached hydrogens (tertiary/aromatic N) is 1. The molecule has 2 N–H and O–H groups in total. The van der Waals surface area contributed by atoms with Crippen molar-refractivity contribution in [3.8, 4) is 5.88 Å². The zero-order valence-corrected chi connectivity index (χ0v) is 11.7. The lowest BCUT2D eigenvalue weighted by molar-refractivity contribution is 0.391. The molecule has 0 bridgehead atoms. The van der Waals surface area contributed by atoms with Gasteiger partial charge in [0, 0.05) is 6.07 Å². The maximum atomic E-state index is 12.1. The van der Waals surface area contributed by atoms with E-state index in [9.17, 15) is 13.2 Å². The van der Waals surface area contributed by atoms with Crippen LogP contribution in [0.4, 0.5) is 5.69 Å². The summed E-state index contributed by atoms with van der Waals surface area (Å²) in [4.78, 5) is 11.6. The van der Waals surface area contributed by atoms with E-state index in [1.807, 2.05) is 6.92 Å². The fourth-order valence-electron chi connectivity index (χ4n) is 1.49. The highest BCUT2D eigenvalue weighted by Crippen LogP contribution is 2.15. The summed E-state index contributed by atoms with van der Waals surface area (Å²) in [6, 6.07) is 7.48. The molecule has 1 aromatic heterocycles. The first-order valence-corrected chi connectivity index (χ1v) is 7.14. The van der Waals surface area contributed by atoms with Gasteiger partial charge in [0.15, 0.2) is 0 Å². The summed E-state index contributed by atoms with van der Waals surface area (Å²) in [5, 5.41) is 5.72. The Balaban J connectivity index is 2.38. The molecule has 0 saturated heterocycles. The van der Waals surface area contributed by atoms with Gasteiger partial charge in [-0.1, -0.05) is 17.7 Å². The second-order valence-corrected chi connectivity index (χ2v) is 5.75. The number of nitrogens with one attached hydrogen (secondary N) is 2. The summed E-state index contributed by atoms with van der Waals surface area (Å²) in [7, 11) is -2.47. The second kappa shape index (κ2) is 5.33. The fraction of sp³-hybridized carbons (Fsp3) is 0.167. The van der Waals surface area contributed by atoms with Crippen LogP contribution in [0, 0.1) is 6.92 Å². The number of sulfonamides is 1. The fourth-order valence-corrected chi connectivity index (χ4v) is 2.54. The van der Waals surface area contributed by atoms with Crippen molar-refractivity contribution < 1.29 is 13.2 Å². The zero-order valence-electron chi connectivity index (χ0n) is 10.9. The third-order valence-corrected chi connectivity index (χ3v) is 3.95. The first-order valence-electron chi connectivity index (χ1n) is 5.65. The molecule has 0 aliphatic rings. The Hall–Kier alpha value is -2.35. The molecule has 0 atom stereocenters. The van der Waals surface area contributed by atoms with Crippen molar-refractivity contribution >= 4 is 15.7 Å². The Morgan fingerprint density at radius 2 is 1.90 bits per heavy atom. The largest absolute Gasteiger partial charge is 0.480 e. The second-order valence-electron chi connectivity index (χ2n) is 4.07. The van der Waals surface area contributed by atoms with Crippen molar-refractivity contribution in [3.05, 3.63) is 46.2 Å². The average Bonchev–Trinajstić information content (AvgIpc) is 2.41. The number of methoxy groups -OCH3 is 1. The van der Waals surface area contributed by atoms with E-state index in [0.717, 1.165) is 5.56 Å². The van der Waals surface area contributed by atoms with E-state index in [1.165, 1.54) is 25.3 Å². The normalized spacial score (nSPS) is 11.1. The van der Waals surface area contributed by atoms with Crippen LogP contribution in [0.3, 0.4) is 0 Å². The molecule has 1 aromatic carbocycles. The summed E-state index contributed by atoms with van der Waals surface area (Å²) in [5.74, 6) is 0.103. The molecule has 0 amide bonds. The minimum Gasteiger partial charge on any atom is -0.480 e. The number of hydrogen-bond acceptors (Lipinski definition) is 5. The van der Waals surface area contributed by atoms with E-state index >= 15 is 0 Å². The zero-order chi connectivity index (χ0) is 14.8. The summed E-state index contributed by atoms with van der Waals surface area (Å²) >= 11 is 0. The van der Waals surface area contributed by atoms with Crippen molar-refractivity contribution in [2.24, 2.45) is 0 Å². The molecule has 0 radical (unpaired) electrons. The molecule has 0 aliphatic heterocycles. The van der Waals surface area contributed by atoms with Crippen molar-refractivity contribution in [1.29, 1.82) is 0 Å². The van der Waals surface area contributed by atoms with Gasteiger partial charge in [-0.2, -0.15) is 0 Å². The number of aryl methyl sites for hydroxylation is 1. The van der Waals surface area contributed by atoms with Crippen LogP contribution in [0.15, 0.2) is 40.0 Å². The topological polar surface area (TPSA) is 101 Å². The highest BCUT2D eigenvalue weighted by atomic mass is 32.2. The van der Waals surface area contributed by atoms with Gasteiger partial charge in [0.2, 0.25) is 5.88 Å². The molecule has 2 rings (SSSR count). The molecule has 20 heavy (non-hydrogen) atoms. The molecule has 0 aliphatic carbocycles. The summed E-state index contributed by atoms with van der Waals surface area (Å²) in [6.07, 6.45) is 0. The van der Waals surface area contributed by atoms with E-state index in [1.54, 1.807) is 12.1 Å². The van der Waals surface area contributed by atoms with Gasteiger partial charge in [0.1, 0.15) is 5.69 Å². The van der Waals surface area contributed by atoms with Gasteiger partial charge in [-0.05, 0) is 19.1 Å². The van der Waals surface area contributed by atoms with Gasteiger partial charge in [0.25, 0.3) is 15.6 Å². The Morgan fingerprint density at radius 1 is 1.25 bits per heavy atom. The molecule has 2 aromatic rings. The SMILES string of the molecule is COc1cc(NS(=O)(=O)c2ccc(C)cc2)c(=O)[nH]n1. The van der Waals surface area contributed by atoms with E-state index < -0.39 is 15.6 Å². The van der Waals surface area contributed by atoms with Crippen molar-refractivity contribution in [2.75, 3.05) is 11.8 Å². The van der Waals surface area contributed by atoms with Crippen LogP contribution >= 0.6 is 0 Å². The highest BCUT2D eigenvalue weighted by molar-refractivity contribution is 7.92. The summed E-state index contributed by atoms with van der Waals surface area (Å²) in [5.41, 5.74) is 0.131. The molecular weight excluding hydrogens is 282 g/mol. The Kier molecular flexibility index (Phi) is 3.75. The molecule has 1 heterocycles. The Bertz CT molecular complexity index is 766. The smallest absolute Gasteiger partial charge is 0.288 e. The Morgan fingerprint density at radius 3 is 2.50 bits per heavy atom. The third kappa shape index (κ3) is 2.97. The molecule has 0 saturated carbocycles. The van der Waals surface area contributed by atoms with Crippen LogP contribution in [0.25, 0.3) is 0 Å². The quantitative estimate of drug-likeness (QED) is 0.872. The molecule has 106 valence electrons. The molecule has 7 nitrogen and oxygen atoms in total. The maximum absolute atomic E-state index is 12.1. The van der Waals surface area contributed by atoms with Gasteiger partial charge in [0.05, 0.1) is 12.0 Å². The van der Waals surface area contributed by atoms with Gasteiger partial charge < -0.3 is 4.74 Å². The summed E-state index contributed by atoms with van der Waals surface area (Å²) < 4.78 is 31.3. The van der Waals surface area contributed by atoms with Crippen LogP contribution in [0.5, 0.6) is 5.88 Å². The van der Waals surface area contributed by atoms with Crippen LogP contribution in [0.1, 0.15) is 5.56 Å². The van der Waals surface area contributed by atoms with Crippen LogP contribution in [-0.2, 0) is 10.0 Å². The van der Waals surface area contributed by atoms with Crippen LogP contribution in [0.2, 0.25) is 0 Å². The van der Waals surface area contributed by atoms with E-state index in [4.69, 9.17) is 4.74 Å². The highest BCUT2D eigenvalue weighted by Gasteiger charge is 2.16. The van der Waals surface area contributed by atoms with E-state index in [2.05, 4.69) is 14.9 Å². The van der Waals surface area contributed by atoms with Crippen molar-refractivity contribution in [1.82, 2.24) is 10.2 Å². The molecule has 0 unspecified atom stereocenters. The maximum Gasteiger partial charge on any atom is 0.288 e. The number of ether oxygens (including phenoxy) is 1. The lowest BCUT2D eigenvalue weighted by atomic mass is 10.2. The van der Waals surface area contributed by atoms with Crippen molar-refractivity contribution in [3.63, 3.8) is 0 Å². The number of rotatable bonds is 4. The van der Waals surface area contributed by atoms with Gasteiger partial charge in [-0.3, -0.25) is 9.52 Å². The Labute approximate surface area is 115 Å². The average molecular weight is 295 g/mol. The minimum atomic E-state index is -3.83. The van der Waals surface area contributed by atoms with Crippen LogP contribution in [-0.4, -0.2) is 25.7 Å². The summed E-state index contributed by atoms with van der Waals surface area (Å²) in [6.45, 7) is 1.85. The molecule has 8 heteroatoms. The predicted molar refractivity (Wildman–Crippen MR) is 73.4 cm³/mol. The first-order chi connectivity index (χ1) is 9.42. The van der Waals surface area contributed by atoms with Gasteiger partial charge in [-0.15, -0.1) is 5.10 Å². The number of aromatic amines is 1. The lowest BCUT2D eigenvalue weighted by Crippen LogP contribution is -2.21. The minimum absolute atomic E-state index is 0.0679. The lowest BCUT2D eigenvalue weighted by Gasteiger charge is -2.08. The number of benzene rings is 1. The third-order valence-electron chi connectivity index (χ3n) is 2.56. The monoisotopic (exact) mass is 295 g/mol.